The van der Waals surface area contributed by atoms with E-state index in [4.69, 9.17) is 16.3 Å². The number of halogens is 5. The monoisotopic (exact) mass is 538 g/mol. The number of nitrogens with zero attached hydrogens (tertiary/aromatic N) is 5. The number of alkyl halides is 3. The van der Waals surface area contributed by atoms with Crippen LogP contribution in [0, 0.1) is 0 Å². The molecule has 0 spiro atoms. The summed E-state index contributed by atoms with van der Waals surface area (Å²) >= 11 is 6.37. The minimum absolute atomic E-state index is 0.112. The summed E-state index contributed by atoms with van der Waals surface area (Å²) in [5.41, 5.74) is 0.852. The van der Waals surface area contributed by atoms with Gasteiger partial charge in [-0.3, -0.25) is 14.4 Å². The summed E-state index contributed by atoms with van der Waals surface area (Å²) in [5.74, 6) is 0.521. The van der Waals surface area contributed by atoms with Crippen molar-refractivity contribution in [1.82, 2.24) is 29.9 Å². The average Bonchev–Trinajstić information content (AvgIpc) is 3.51. The second-order valence-corrected chi connectivity index (χ2v) is 10.4. The second kappa shape index (κ2) is 9.68. The lowest BCUT2D eigenvalue weighted by Crippen LogP contribution is -2.48. The molecular weight excluding hydrogens is 512 g/mol. The fourth-order valence-electron chi connectivity index (χ4n) is 5.77. The van der Waals surface area contributed by atoms with E-state index in [1.807, 2.05) is 23.1 Å². The van der Waals surface area contributed by atoms with Crippen LogP contribution in [0.5, 0.6) is 0 Å². The number of dihydropyridines is 1. The van der Waals surface area contributed by atoms with Crippen molar-refractivity contribution in [3.05, 3.63) is 64.1 Å². The first-order chi connectivity index (χ1) is 17.8. The van der Waals surface area contributed by atoms with Gasteiger partial charge in [-0.15, -0.1) is 10.2 Å². The predicted molar refractivity (Wildman–Crippen MR) is 129 cm³/mol. The number of rotatable bonds is 3. The van der Waals surface area contributed by atoms with Gasteiger partial charge in [-0.25, -0.2) is 0 Å². The van der Waals surface area contributed by atoms with Crippen molar-refractivity contribution in [3.8, 4) is 5.69 Å². The third-order valence-electron chi connectivity index (χ3n) is 7.73. The molecule has 6 rings (SSSR count). The number of aromatic nitrogens is 3. The van der Waals surface area contributed by atoms with Crippen LogP contribution < -0.4 is 5.32 Å². The van der Waals surface area contributed by atoms with E-state index < -0.39 is 23.9 Å². The fourth-order valence-corrected chi connectivity index (χ4v) is 5.96. The number of piperidine rings is 1. The molecule has 4 aliphatic heterocycles. The first-order valence-corrected chi connectivity index (χ1v) is 12.9. The van der Waals surface area contributed by atoms with E-state index in [0.29, 0.717) is 37.3 Å². The maximum absolute atomic E-state index is 14.1. The molecule has 0 radical (unpaired) electrons. The maximum Gasteiger partial charge on any atom is 0.420 e. The number of nitrogens with one attached hydrogen (secondary N) is 1. The molecule has 0 amide bonds. The molecule has 37 heavy (non-hydrogen) atoms. The molecule has 12 heteroatoms. The lowest BCUT2D eigenvalue weighted by molar-refractivity contribution is -0.0911. The van der Waals surface area contributed by atoms with Crippen LogP contribution in [0.25, 0.3) is 5.69 Å². The number of benzene rings is 1. The molecule has 2 fully saturated rings. The molecule has 2 aromatic rings. The van der Waals surface area contributed by atoms with Crippen LogP contribution in [0.2, 0.25) is 5.02 Å². The normalized spacial score (nSPS) is 25.6. The molecule has 0 bridgehead atoms. The smallest absolute Gasteiger partial charge is 0.380 e. The van der Waals surface area contributed by atoms with Crippen LogP contribution >= 0.6 is 11.6 Å². The molecule has 5 heterocycles. The van der Waals surface area contributed by atoms with Gasteiger partial charge in [0.25, 0.3) is 0 Å². The standard InChI is InChI=1S/C25H27ClF4N6O/c26-17-1-3-20-16(11-17)12-35(18-7-10-37-14-18)13-22-32-33-24(36(20)22)15-5-8-34(9-6-15)21-4-2-19(23(27)31-21)25(28,29)30/h1-4,11,15,18,21,31H,5-10,12-14H2/t18-,21?/m0/s1. The summed E-state index contributed by atoms with van der Waals surface area (Å²) in [7, 11) is 0. The molecule has 2 atom stereocenters. The van der Waals surface area contributed by atoms with Gasteiger partial charge in [0.1, 0.15) is 17.6 Å². The minimum atomic E-state index is -4.72. The zero-order valence-corrected chi connectivity index (χ0v) is 20.8. The summed E-state index contributed by atoms with van der Waals surface area (Å²) in [6, 6.07) is 6.20. The molecule has 1 aromatic carbocycles. The molecule has 1 aromatic heterocycles. The Morgan fingerprint density at radius 3 is 2.57 bits per heavy atom. The maximum atomic E-state index is 14.1. The Morgan fingerprint density at radius 2 is 1.86 bits per heavy atom. The van der Waals surface area contributed by atoms with Gasteiger partial charge in [0.15, 0.2) is 5.82 Å². The van der Waals surface area contributed by atoms with Crippen molar-refractivity contribution in [3.63, 3.8) is 0 Å². The van der Waals surface area contributed by atoms with Crippen molar-refractivity contribution in [2.24, 2.45) is 0 Å². The summed E-state index contributed by atoms with van der Waals surface area (Å²) < 4.78 is 60.7. The Hall–Kier alpha value is -2.47. The minimum Gasteiger partial charge on any atom is -0.380 e. The molecule has 4 aliphatic rings. The van der Waals surface area contributed by atoms with E-state index in [9.17, 15) is 17.6 Å². The van der Waals surface area contributed by atoms with E-state index in [2.05, 4.69) is 25.0 Å². The van der Waals surface area contributed by atoms with Gasteiger partial charge in [-0.2, -0.15) is 17.6 Å². The quantitative estimate of drug-likeness (QED) is 0.461. The van der Waals surface area contributed by atoms with Crippen LogP contribution in [0.15, 0.2) is 41.9 Å². The highest BCUT2D eigenvalue weighted by molar-refractivity contribution is 6.30. The van der Waals surface area contributed by atoms with Gasteiger partial charge < -0.3 is 10.1 Å². The van der Waals surface area contributed by atoms with Crippen LogP contribution in [0.3, 0.4) is 0 Å². The van der Waals surface area contributed by atoms with E-state index in [-0.39, 0.29) is 5.92 Å². The summed E-state index contributed by atoms with van der Waals surface area (Å²) in [6.45, 7) is 4.01. The number of fused-ring (bicyclic) bond motifs is 3. The average molecular weight is 539 g/mol. The van der Waals surface area contributed by atoms with Crippen molar-refractivity contribution < 1.29 is 22.3 Å². The first-order valence-electron chi connectivity index (χ1n) is 12.5. The molecule has 7 nitrogen and oxygen atoms in total. The van der Waals surface area contributed by atoms with Crippen LogP contribution in [0.1, 0.15) is 42.4 Å². The van der Waals surface area contributed by atoms with Gasteiger partial charge in [0, 0.05) is 43.2 Å². The number of hydrogen-bond acceptors (Lipinski definition) is 6. The van der Waals surface area contributed by atoms with Gasteiger partial charge in [0.05, 0.1) is 18.8 Å². The highest BCUT2D eigenvalue weighted by Gasteiger charge is 2.39. The lowest BCUT2D eigenvalue weighted by atomic mass is 9.95. The number of allylic oxidation sites excluding steroid dienone is 2. The Bertz CT molecular complexity index is 1230. The Morgan fingerprint density at radius 1 is 1.05 bits per heavy atom. The molecule has 1 unspecified atom stereocenters. The molecular formula is C25H27ClF4N6O. The molecule has 0 aliphatic carbocycles. The molecule has 0 saturated carbocycles. The van der Waals surface area contributed by atoms with E-state index >= 15 is 0 Å². The Balaban J connectivity index is 1.21. The molecule has 2 saturated heterocycles. The Labute approximate surface area is 216 Å². The van der Waals surface area contributed by atoms with Gasteiger partial charge in [-0.1, -0.05) is 11.6 Å². The van der Waals surface area contributed by atoms with Crippen LogP contribution in [-0.4, -0.2) is 69.3 Å². The van der Waals surface area contributed by atoms with Crippen molar-refractivity contribution in [1.29, 1.82) is 0 Å². The van der Waals surface area contributed by atoms with E-state index in [1.54, 1.807) is 0 Å². The largest absolute Gasteiger partial charge is 0.420 e. The van der Waals surface area contributed by atoms with Crippen molar-refractivity contribution in [2.75, 3.05) is 26.3 Å². The summed E-state index contributed by atoms with van der Waals surface area (Å²) in [6.07, 6.45) is -0.722. The fraction of sp³-hybridized carbons (Fsp3) is 0.520. The van der Waals surface area contributed by atoms with Crippen molar-refractivity contribution in [2.45, 2.75) is 56.7 Å². The predicted octanol–water partition coefficient (Wildman–Crippen LogP) is 4.43. The lowest BCUT2D eigenvalue weighted by Gasteiger charge is -2.37. The molecule has 1 N–H and O–H groups in total. The topological polar surface area (TPSA) is 58.5 Å². The van der Waals surface area contributed by atoms with E-state index in [1.165, 1.54) is 6.08 Å². The first kappa shape index (κ1) is 24.8. The van der Waals surface area contributed by atoms with Crippen LogP contribution in [-0.2, 0) is 17.8 Å². The summed E-state index contributed by atoms with van der Waals surface area (Å²) in [4.78, 5) is 4.33. The highest BCUT2D eigenvalue weighted by Crippen LogP contribution is 2.36. The third-order valence-corrected chi connectivity index (χ3v) is 7.96. The van der Waals surface area contributed by atoms with Gasteiger partial charge in [-0.05, 0) is 55.2 Å². The van der Waals surface area contributed by atoms with E-state index in [0.717, 1.165) is 61.4 Å². The SMILES string of the molecule is FC1=C(C(F)(F)F)C=CC(N2CCC(c3nnc4n3-c3ccc(Cl)cc3CN([C@H]3CCOC3)C4)CC2)N1. The van der Waals surface area contributed by atoms with Crippen molar-refractivity contribution >= 4 is 11.6 Å². The molecule has 198 valence electrons. The van der Waals surface area contributed by atoms with Gasteiger partial charge in [0.2, 0.25) is 5.95 Å². The number of likely N-dealkylation sites (tertiary alicyclic amines) is 1. The number of hydrogen-bond donors (Lipinski definition) is 1. The van der Waals surface area contributed by atoms with Crippen LogP contribution in [0.4, 0.5) is 17.6 Å². The van der Waals surface area contributed by atoms with Gasteiger partial charge >= 0.3 is 6.18 Å². The Kier molecular flexibility index (Phi) is 6.50. The number of ether oxygens (including phenoxy) is 1. The summed E-state index contributed by atoms with van der Waals surface area (Å²) in [5, 5.41) is 12.2. The highest BCUT2D eigenvalue weighted by atomic mass is 35.5. The third kappa shape index (κ3) is 4.78. The second-order valence-electron chi connectivity index (χ2n) is 9.99. The zero-order chi connectivity index (χ0) is 25.7. The zero-order valence-electron chi connectivity index (χ0n) is 20.0.